The van der Waals surface area contributed by atoms with Gasteiger partial charge in [-0.2, -0.15) is 0 Å². The molecule has 0 bridgehead atoms. The van der Waals surface area contributed by atoms with Gasteiger partial charge in [0.15, 0.2) is 10.9 Å². The average Bonchev–Trinajstić information content (AvgIpc) is 3.02. The normalized spacial score (nSPS) is 13.0. The summed E-state index contributed by atoms with van der Waals surface area (Å²) in [5, 5.41) is 4.40. The van der Waals surface area contributed by atoms with Gasteiger partial charge in [-0.25, -0.2) is 4.98 Å². The van der Waals surface area contributed by atoms with Gasteiger partial charge in [0, 0.05) is 10.6 Å². The highest BCUT2D eigenvalue weighted by atomic mass is 35.5. The van der Waals surface area contributed by atoms with Crippen molar-refractivity contribution in [3.05, 3.63) is 58.6 Å². The maximum atomic E-state index is 13.6. The fourth-order valence-corrected chi connectivity index (χ4v) is 6.12. The molecule has 0 aliphatic heterocycles. The van der Waals surface area contributed by atoms with Crippen LogP contribution in [-0.2, 0) is 13.6 Å². The smallest absolute Gasteiger partial charge is 0.344 e. The van der Waals surface area contributed by atoms with E-state index in [9.17, 15) is 4.57 Å². The van der Waals surface area contributed by atoms with E-state index in [0.29, 0.717) is 15.7 Å². The number of nitrogens with zero attached hydrogens (tertiary/aromatic N) is 1. The number of rotatable bonds is 8. The molecule has 2 aromatic carbocycles. The Morgan fingerprint density at radius 1 is 1.19 bits per heavy atom. The van der Waals surface area contributed by atoms with Gasteiger partial charge in [0.05, 0.1) is 23.4 Å². The number of thiazole rings is 1. The molecule has 0 aliphatic carbocycles. The minimum Gasteiger partial charge on any atom is -0.344 e. The lowest BCUT2D eigenvalue weighted by Crippen LogP contribution is -2.15. The third kappa shape index (κ3) is 4.53. The fraction of sp³-hybridized carbons (Fsp3) is 0.316. The Balaban J connectivity index is 2.05. The molecule has 1 heterocycles. The fourth-order valence-electron chi connectivity index (χ4n) is 2.78. The van der Waals surface area contributed by atoms with Crippen LogP contribution in [-0.4, -0.2) is 18.2 Å². The van der Waals surface area contributed by atoms with Crippen molar-refractivity contribution in [1.82, 2.24) is 4.98 Å². The first kappa shape index (κ1) is 20.3. The molecular formula is C19H22ClN2O3PS. The minimum absolute atomic E-state index is 0.263. The molecule has 8 heteroatoms. The van der Waals surface area contributed by atoms with Gasteiger partial charge in [0.25, 0.3) is 0 Å². The van der Waals surface area contributed by atoms with Crippen LogP contribution in [0.5, 0.6) is 0 Å². The Bertz CT molecular complexity index is 968. The van der Waals surface area contributed by atoms with Crippen molar-refractivity contribution in [2.24, 2.45) is 0 Å². The number of hydrogen-bond acceptors (Lipinski definition) is 6. The summed E-state index contributed by atoms with van der Waals surface area (Å²) in [7, 11) is -3.53. The summed E-state index contributed by atoms with van der Waals surface area (Å²) >= 11 is 7.90. The highest BCUT2D eigenvalue weighted by Gasteiger charge is 2.38. The zero-order valence-electron chi connectivity index (χ0n) is 15.4. The summed E-state index contributed by atoms with van der Waals surface area (Å²) in [6.45, 7) is 6.14. The standard InChI is InChI=1S/C19H22ClN2O3PS/c1-4-24-26(23,25-5-2)18(14-8-6-7-9-15(14)20)22-19-21-16-11-10-13(3)12-17(16)27-19/h6-12,18H,4-5H2,1-3H3,(H,21,22). The van der Waals surface area contributed by atoms with E-state index in [1.807, 2.05) is 37.3 Å². The number of aryl methyl sites for hydroxylation is 1. The second kappa shape index (κ2) is 8.72. The summed E-state index contributed by atoms with van der Waals surface area (Å²) in [4.78, 5) is 4.61. The van der Waals surface area contributed by atoms with Crippen LogP contribution in [0.1, 0.15) is 30.8 Å². The zero-order valence-corrected chi connectivity index (χ0v) is 17.9. The third-order valence-electron chi connectivity index (χ3n) is 3.94. The first-order valence-corrected chi connectivity index (χ1v) is 11.5. The Morgan fingerprint density at radius 3 is 2.56 bits per heavy atom. The van der Waals surface area contributed by atoms with E-state index in [1.165, 1.54) is 11.3 Å². The molecule has 27 heavy (non-hydrogen) atoms. The molecular weight excluding hydrogens is 403 g/mol. The quantitative estimate of drug-likeness (QED) is 0.411. The summed E-state index contributed by atoms with van der Waals surface area (Å²) in [5.74, 6) is -0.757. The number of benzene rings is 2. The molecule has 1 atom stereocenters. The number of aromatic nitrogens is 1. The number of anilines is 1. The van der Waals surface area contributed by atoms with Crippen molar-refractivity contribution in [3.63, 3.8) is 0 Å². The van der Waals surface area contributed by atoms with E-state index < -0.39 is 13.4 Å². The summed E-state index contributed by atoms with van der Waals surface area (Å²) < 4.78 is 25.8. The molecule has 3 aromatic rings. The van der Waals surface area contributed by atoms with Gasteiger partial charge >= 0.3 is 7.60 Å². The van der Waals surface area contributed by atoms with Crippen LogP contribution >= 0.6 is 30.5 Å². The van der Waals surface area contributed by atoms with Crippen molar-refractivity contribution in [3.8, 4) is 0 Å². The molecule has 0 amide bonds. The number of hydrogen-bond donors (Lipinski definition) is 1. The van der Waals surface area contributed by atoms with E-state index in [-0.39, 0.29) is 13.2 Å². The first-order chi connectivity index (χ1) is 13.0. The summed E-state index contributed by atoms with van der Waals surface area (Å²) in [6.07, 6.45) is 0. The maximum Gasteiger partial charge on any atom is 0.357 e. The van der Waals surface area contributed by atoms with Crippen LogP contribution in [0.3, 0.4) is 0 Å². The van der Waals surface area contributed by atoms with Crippen molar-refractivity contribution >= 4 is 45.9 Å². The van der Waals surface area contributed by atoms with Gasteiger partial charge in [-0.05, 0) is 44.5 Å². The van der Waals surface area contributed by atoms with E-state index in [1.54, 1.807) is 19.9 Å². The van der Waals surface area contributed by atoms with Crippen LogP contribution in [0.2, 0.25) is 5.02 Å². The van der Waals surface area contributed by atoms with Crippen LogP contribution in [0, 0.1) is 6.92 Å². The van der Waals surface area contributed by atoms with E-state index in [2.05, 4.69) is 16.4 Å². The molecule has 1 N–H and O–H groups in total. The zero-order chi connectivity index (χ0) is 19.4. The van der Waals surface area contributed by atoms with Gasteiger partial charge in [0.2, 0.25) is 0 Å². The number of halogens is 1. The van der Waals surface area contributed by atoms with E-state index in [0.717, 1.165) is 15.8 Å². The lowest BCUT2D eigenvalue weighted by molar-refractivity contribution is 0.214. The maximum absolute atomic E-state index is 13.6. The van der Waals surface area contributed by atoms with Crippen molar-refractivity contribution in [1.29, 1.82) is 0 Å². The second-order valence-corrected chi connectivity index (χ2v) is 9.48. The van der Waals surface area contributed by atoms with Crippen molar-refractivity contribution in [2.45, 2.75) is 26.6 Å². The highest BCUT2D eigenvalue weighted by Crippen LogP contribution is 2.61. The van der Waals surface area contributed by atoms with E-state index >= 15 is 0 Å². The Kier molecular flexibility index (Phi) is 6.56. The predicted octanol–water partition coefficient (Wildman–Crippen LogP) is 6.63. The molecule has 0 aliphatic rings. The largest absolute Gasteiger partial charge is 0.357 e. The van der Waals surface area contributed by atoms with Gasteiger partial charge < -0.3 is 14.4 Å². The molecule has 0 saturated carbocycles. The van der Waals surface area contributed by atoms with E-state index in [4.69, 9.17) is 20.6 Å². The lowest BCUT2D eigenvalue weighted by Gasteiger charge is -2.27. The first-order valence-electron chi connectivity index (χ1n) is 8.73. The van der Waals surface area contributed by atoms with Crippen LogP contribution < -0.4 is 5.32 Å². The number of fused-ring (bicyclic) bond motifs is 1. The van der Waals surface area contributed by atoms with Gasteiger partial charge in [-0.1, -0.05) is 47.2 Å². The van der Waals surface area contributed by atoms with Gasteiger partial charge in [0.1, 0.15) is 0 Å². The second-order valence-electron chi connectivity index (χ2n) is 5.93. The Morgan fingerprint density at radius 2 is 1.89 bits per heavy atom. The summed E-state index contributed by atoms with van der Waals surface area (Å²) in [6, 6.07) is 13.3. The molecule has 0 fully saturated rings. The Labute approximate surface area is 168 Å². The number of nitrogens with one attached hydrogen (secondary N) is 1. The molecule has 0 saturated heterocycles. The molecule has 1 unspecified atom stereocenters. The highest BCUT2D eigenvalue weighted by molar-refractivity contribution is 7.54. The van der Waals surface area contributed by atoms with Crippen LogP contribution in [0.15, 0.2) is 42.5 Å². The van der Waals surface area contributed by atoms with Crippen molar-refractivity contribution in [2.75, 3.05) is 18.5 Å². The molecule has 1 aromatic heterocycles. The van der Waals surface area contributed by atoms with Gasteiger partial charge in [-0.3, -0.25) is 4.57 Å². The topological polar surface area (TPSA) is 60.5 Å². The molecule has 3 rings (SSSR count). The lowest BCUT2D eigenvalue weighted by atomic mass is 10.2. The van der Waals surface area contributed by atoms with Crippen LogP contribution in [0.25, 0.3) is 10.2 Å². The van der Waals surface area contributed by atoms with Crippen molar-refractivity contribution < 1.29 is 13.6 Å². The summed E-state index contributed by atoms with van der Waals surface area (Å²) in [5.41, 5.74) is 2.70. The predicted molar refractivity (Wildman–Crippen MR) is 113 cm³/mol. The van der Waals surface area contributed by atoms with Crippen LogP contribution in [0.4, 0.5) is 5.13 Å². The minimum atomic E-state index is -3.53. The SMILES string of the molecule is CCOP(=O)(OCC)C(Nc1nc2ccc(C)cc2s1)c1ccccc1Cl. The molecule has 144 valence electrons. The van der Waals surface area contributed by atoms with Gasteiger partial charge in [-0.15, -0.1) is 0 Å². The molecule has 0 spiro atoms. The molecule has 0 radical (unpaired) electrons. The average molecular weight is 425 g/mol. The monoisotopic (exact) mass is 424 g/mol. The third-order valence-corrected chi connectivity index (χ3v) is 7.51. The Hall–Kier alpha value is -1.43. The molecule has 5 nitrogen and oxygen atoms in total.